The van der Waals surface area contributed by atoms with Crippen molar-refractivity contribution in [3.8, 4) is 0 Å². The van der Waals surface area contributed by atoms with E-state index in [4.69, 9.17) is 5.73 Å². The van der Waals surface area contributed by atoms with Gasteiger partial charge in [0.15, 0.2) is 0 Å². The molecule has 0 aromatic carbocycles. The molecule has 3 N–H and O–H groups in total. The fourth-order valence-electron chi connectivity index (χ4n) is 1.48. The zero-order chi connectivity index (χ0) is 11.3. The minimum atomic E-state index is 0.518. The van der Waals surface area contributed by atoms with Crippen LogP contribution in [0.2, 0.25) is 0 Å². The third kappa shape index (κ3) is 3.51. The second-order valence-corrected chi connectivity index (χ2v) is 4.31. The number of nitrogens with two attached hydrogens (primary N) is 1. The van der Waals surface area contributed by atoms with Gasteiger partial charge in [0.25, 0.3) is 0 Å². The van der Waals surface area contributed by atoms with Crippen LogP contribution in [0.5, 0.6) is 0 Å². The highest BCUT2D eigenvalue weighted by Crippen LogP contribution is 2.14. The number of rotatable bonds is 5. The van der Waals surface area contributed by atoms with E-state index in [0.29, 0.717) is 11.8 Å². The molecule has 0 saturated heterocycles. The molecule has 3 nitrogen and oxygen atoms in total. The predicted octanol–water partition coefficient (Wildman–Crippen LogP) is 2.03. The molecule has 0 fully saturated rings. The van der Waals surface area contributed by atoms with Gasteiger partial charge < -0.3 is 11.1 Å². The molecule has 1 atom stereocenters. The summed E-state index contributed by atoms with van der Waals surface area (Å²) in [6.45, 7) is 8.13. The molecule has 1 rings (SSSR count). The van der Waals surface area contributed by atoms with Crippen LogP contribution in [-0.4, -0.2) is 18.1 Å². The van der Waals surface area contributed by atoms with E-state index >= 15 is 0 Å². The second kappa shape index (κ2) is 5.71. The summed E-state index contributed by atoms with van der Waals surface area (Å²) in [5.41, 5.74) is 8.05. The number of nitrogens with zero attached hydrogens (tertiary/aromatic N) is 1. The smallest absolute Gasteiger partial charge is 0.0556 e. The first-order valence-electron chi connectivity index (χ1n) is 5.49. The molecule has 0 aliphatic rings. The van der Waals surface area contributed by atoms with Crippen LogP contribution in [0.25, 0.3) is 0 Å². The van der Waals surface area contributed by atoms with Gasteiger partial charge in [0.05, 0.1) is 11.9 Å². The summed E-state index contributed by atoms with van der Waals surface area (Å²) >= 11 is 0. The first kappa shape index (κ1) is 12.0. The first-order valence-corrected chi connectivity index (χ1v) is 5.49. The quantitative estimate of drug-likeness (QED) is 0.776. The summed E-state index contributed by atoms with van der Waals surface area (Å²) in [6.07, 6.45) is 3.67. The summed E-state index contributed by atoms with van der Waals surface area (Å²) in [5, 5.41) is 3.40. The fourth-order valence-corrected chi connectivity index (χ4v) is 1.48. The summed E-state index contributed by atoms with van der Waals surface area (Å²) in [7, 11) is 0. The van der Waals surface area contributed by atoms with Gasteiger partial charge in [0.1, 0.15) is 0 Å². The summed E-state index contributed by atoms with van der Waals surface area (Å²) in [6, 6.07) is 2.01. The van der Waals surface area contributed by atoms with Gasteiger partial charge in [-0.3, -0.25) is 4.98 Å². The highest BCUT2D eigenvalue weighted by Gasteiger charge is 2.11. The Morgan fingerprint density at radius 3 is 2.73 bits per heavy atom. The van der Waals surface area contributed by atoms with Gasteiger partial charge in [-0.25, -0.2) is 0 Å². The van der Waals surface area contributed by atoms with E-state index in [1.807, 2.05) is 18.5 Å². The van der Waals surface area contributed by atoms with Crippen LogP contribution in [0.15, 0.2) is 18.5 Å². The van der Waals surface area contributed by atoms with E-state index in [9.17, 15) is 0 Å². The average molecular weight is 207 g/mol. The molecule has 1 aromatic rings. The van der Waals surface area contributed by atoms with Crippen LogP contribution in [0.3, 0.4) is 0 Å². The number of pyridine rings is 1. The number of aromatic nitrogens is 1. The normalized spacial score (nSPS) is 12.9. The Balaban J connectivity index is 2.53. The van der Waals surface area contributed by atoms with E-state index in [1.165, 1.54) is 5.56 Å². The van der Waals surface area contributed by atoms with E-state index < -0.39 is 0 Å². The average Bonchev–Trinajstić information content (AvgIpc) is 2.21. The van der Waals surface area contributed by atoms with Gasteiger partial charge in [-0.1, -0.05) is 13.8 Å². The minimum Gasteiger partial charge on any atom is -0.383 e. The third-order valence-corrected chi connectivity index (χ3v) is 2.84. The lowest BCUT2D eigenvalue weighted by Gasteiger charge is -2.20. The van der Waals surface area contributed by atoms with Crippen molar-refractivity contribution >= 4 is 5.69 Å². The maximum atomic E-state index is 5.72. The van der Waals surface area contributed by atoms with E-state index in [0.717, 1.165) is 18.8 Å². The van der Waals surface area contributed by atoms with Crippen LogP contribution in [0.4, 0.5) is 5.69 Å². The lowest BCUT2D eigenvalue weighted by atomic mass is 9.96. The Kier molecular flexibility index (Phi) is 4.56. The zero-order valence-corrected chi connectivity index (χ0v) is 9.83. The molecule has 0 radical (unpaired) electrons. The molecule has 15 heavy (non-hydrogen) atoms. The van der Waals surface area contributed by atoms with Crippen molar-refractivity contribution in [3.63, 3.8) is 0 Å². The monoisotopic (exact) mass is 207 g/mol. The van der Waals surface area contributed by atoms with Gasteiger partial charge >= 0.3 is 0 Å². The lowest BCUT2D eigenvalue weighted by molar-refractivity contribution is 0.413. The number of aryl methyl sites for hydroxylation is 1. The van der Waals surface area contributed by atoms with Crippen LogP contribution in [0.1, 0.15) is 19.4 Å². The first-order chi connectivity index (χ1) is 7.15. The standard InChI is InChI=1S/C12H21N3/c1-9(2)11(6-13)7-15-12-8-14-5-4-10(12)3/h4-5,8-9,11,15H,6-7,13H2,1-3H3. The fraction of sp³-hybridized carbons (Fsp3) is 0.583. The Hall–Kier alpha value is -1.09. The van der Waals surface area contributed by atoms with E-state index in [-0.39, 0.29) is 0 Å². The van der Waals surface area contributed by atoms with Gasteiger partial charge in [0, 0.05) is 12.7 Å². The summed E-state index contributed by atoms with van der Waals surface area (Å²) < 4.78 is 0. The molecule has 0 aliphatic carbocycles. The molecule has 1 unspecified atom stereocenters. The number of anilines is 1. The predicted molar refractivity (Wildman–Crippen MR) is 64.8 cm³/mol. The lowest BCUT2D eigenvalue weighted by Crippen LogP contribution is -2.27. The Bertz CT molecular complexity index is 297. The Morgan fingerprint density at radius 1 is 1.47 bits per heavy atom. The van der Waals surface area contributed by atoms with Gasteiger partial charge in [-0.15, -0.1) is 0 Å². The van der Waals surface area contributed by atoms with Crippen molar-refractivity contribution in [3.05, 3.63) is 24.0 Å². The van der Waals surface area contributed by atoms with Gasteiger partial charge in [-0.2, -0.15) is 0 Å². The largest absolute Gasteiger partial charge is 0.383 e. The molecule has 0 saturated carbocycles. The number of nitrogens with one attached hydrogen (secondary N) is 1. The van der Waals surface area contributed by atoms with Crippen LogP contribution < -0.4 is 11.1 Å². The second-order valence-electron chi connectivity index (χ2n) is 4.31. The molecule has 0 bridgehead atoms. The van der Waals surface area contributed by atoms with Crippen molar-refractivity contribution in [2.45, 2.75) is 20.8 Å². The molecule has 3 heteroatoms. The number of hydrogen-bond acceptors (Lipinski definition) is 3. The molecular weight excluding hydrogens is 186 g/mol. The number of hydrogen-bond donors (Lipinski definition) is 2. The molecular formula is C12H21N3. The van der Waals surface area contributed by atoms with Crippen molar-refractivity contribution in [2.75, 3.05) is 18.4 Å². The molecule has 84 valence electrons. The highest BCUT2D eigenvalue weighted by atomic mass is 14.9. The molecule has 1 aromatic heterocycles. The topological polar surface area (TPSA) is 50.9 Å². The van der Waals surface area contributed by atoms with Crippen molar-refractivity contribution in [2.24, 2.45) is 17.6 Å². The van der Waals surface area contributed by atoms with Crippen LogP contribution >= 0.6 is 0 Å². The van der Waals surface area contributed by atoms with Gasteiger partial charge in [-0.05, 0) is 36.9 Å². The summed E-state index contributed by atoms with van der Waals surface area (Å²) in [5.74, 6) is 1.13. The SMILES string of the molecule is Cc1ccncc1NCC(CN)C(C)C. The van der Waals surface area contributed by atoms with E-state index in [2.05, 4.69) is 31.1 Å². The van der Waals surface area contributed by atoms with Crippen molar-refractivity contribution < 1.29 is 0 Å². The maximum Gasteiger partial charge on any atom is 0.0556 e. The molecule has 0 amide bonds. The van der Waals surface area contributed by atoms with Gasteiger partial charge in [0.2, 0.25) is 0 Å². The Morgan fingerprint density at radius 2 is 2.20 bits per heavy atom. The van der Waals surface area contributed by atoms with Crippen LogP contribution in [0, 0.1) is 18.8 Å². The highest BCUT2D eigenvalue weighted by molar-refractivity contribution is 5.47. The maximum absolute atomic E-state index is 5.72. The van der Waals surface area contributed by atoms with E-state index in [1.54, 1.807) is 0 Å². The molecule has 0 aliphatic heterocycles. The minimum absolute atomic E-state index is 0.518. The molecule has 0 spiro atoms. The zero-order valence-electron chi connectivity index (χ0n) is 9.83. The third-order valence-electron chi connectivity index (χ3n) is 2.84. The van der Waals surface area contributed by atoms with Crippen molar-refractivity contribution in [1.82, 2.24) is 4.98 Å². The van der Waals surface area contributed by atoms with Crippen LogP contribution in [-0.2, 0) is 0 Å². The Labute approximate surface area is 92.1 Å². The molecule has 1 heterocycles. The van der Waals surface area contributed by atoms with Crippen molar-refractivity contribution in [1.29, 1.82) is 0 Å². The summed E-state index contributed by atoms with van der Waals surface area (Å²) in [4.78, 5) is 4.10.